The van der Waals surface area contributed by atoms with Crippen LogP contribution in [0.4, 0.5) is 16.2 Å². The molecule has 25 heavy (non-hydrogen) atoms. The Hall–Kier alpha value is -3.35. The Kier molecular flexibility index (Phi) is 4.38. The number of likely N-dealkylation sites (N-methyl/N-ethyl adjacent to an activating group) is 1. The lowest BCUT2D eigenvalue weighted by molar-refractivity contribution is -0.119. The second kappa shape index (κ2) is 6.64. The number of hydrogen-bond donors (Lipinski definition) is 2. The van der Waals surface area contributed by atoms with Crippen LogP contribution in [0, 0.1) is 0 Å². The van der Waals surface area contributed by atoms with E-state index in [1.165, 1.54) is 9.80 Å². The molecule has 7 nitrogen and oxygen atoms in total. The standard InChI is InChI=1S/C18H17N3O4/c1-20-14-9-5-6-10-15(14)21(11-13(17(20)23)19-18(24)25)16(22)12-7-3-2-4-8-12/h2-10,13,19H,11H2,1H3,(H,24,25). The van der Waals surface area contributed by atoms with Gasteiger partial charge in [-0.05, 0) is 24.3 Å². The molecule has 0 saturated heterocycles. The number of anilines is 2. The summed E-state index contributed by atoms with van der Waals surface area (Å²) in [6, 6.07) is 14.6. The second-order valence-electron chi connectivity index (χ2n) is 5.67. The Labute approximate surface area is 144 Å². The summed E-state index contributed by atoms with van der Waals surface area (Å²) in [7, 11) is 1.56. The first-order valence-electron chi connectivity index (χ1n) is 7.72. The van der Waals surface area contributed by atoms with E-state index in [4.69, 9.17) is 5.11 Å². The fourth-order valence-electron chi connectivity index (χ4n) is 2.87. The van der Waals surface area contributed by atoms with Crippen molar-refractivity contribution in [1.82, 2.24) is 5.32 Å². The van der Waals surface area contributed by atoms with Crippen molar-refractivity contribution in [2.24, 2.45) is 0 Å². The highest BCUT2D eigenvalue weighted by Gasteiger charge is 2.35. The van der Waals surface area contributed by atoms with Crippen LogP contribution in [0.1, 0.15) is 10.4 Å². The van der Waals surface area contributed by atoms with Gasteiger partial charge in [-0.25, -0.2) is 4.79 Å². The van der Waals surface area contributed by atoms with Gasteiger partial charge in [-0.2, -0.15) is 0 Å². The summed E-state index contributed by atoms with van der Waals surface area (Å²) < 4.78 is 0. The van der Waals surface area contributed by atoms with Gasteiger partial charge in [-0.3, -0.25) is 9.59 Å². The zero-order valence-corrected chi connectivity index (χ0v) is 13.5. The zero-order valence-electron chi connectivity index (χ0n) is 13.5. The highest BCUT2D eigenvalue weighted by Crippen LogP contribution is 2.32. The second-order valence-corrected chi connectivity index (χ2v) is 5.67. The number of benzene rings is 2. The van der Waals surface area contributed by atoms with E-state index in [0.29, 0.717) is 16.9 Å². The van der Waals surface area contributed by atoms with Crippen molar-refractivity contribution >= 4 is 29.3 Å². The molecule has 1 atom stereocenters. The number of para-hydroxylation sites is 2. The van der Waals surface area contributed by atoms with Crippen LogP contribution in [0.3, 0.4) is 0 Å². The third-order valence-corrected chi connectivity index (χ3v) is 4.09. The average Bonchev–Trinajstić information content (AvgIpc) is 2.72. The molecule has 0 saturated carbocycles. The number of hydrogen-bond acceptors (Lipinski definition) is 3. The van der Waals surface area contributed by atoms with Crippen LogP contribution >= 0.6 is 0 Å². The van der Waals surface area contributed by atoms with E-state index >= 15 is 0 Å². The number of carbonyl (C=O) groups is 3. The first kappa shape index (κ1) is 16.5. The number of rotatable bonds is 2. The van der Waals surface area contributed by atoms with Gasteiger partial charge in [0.05, 0.1) is 17.9 Å². The molecule has 0 fully saturated rings. The molecular weight excluding hydrogens is 322 g/mol. The maximum atomic E-state index is 13.0. The van der Waals surface area contributed by atoms with Gasteiger partial charge in [0.25, 0.3) is 11.8 Å². The number of carbonyl (C=O) groups excluding carboxylic acids is 2. The van der Waals surface area contributed by atoms with Crippen molar-refractivity contribution in [3.05, 3.63) is 60.2 Å². The molecular formula is C18H17N3O4. The Morgan fingerprint density at radius 1 is 1.04 bits per heavy atom. The van der Waals surface area contributed by atoms with E-state index in [9.17, 15) is 14.4 Å². The molecule has 2 N–H and O–H groups in total. The smallest absolute Gasteiger partial charge is 0.405 e. The van der Waals surface area contributed by atoms with E-state index < -0.39 is 18.0 Å². The van der Waals surface area contributed by atoms with E-state index in [0.717, 1.165) is 0 Å². The van der Waals surface area contributed by atoms with Crippen LogP contribution in [-0.4, -0.2) is 42.6 Å². The quantitative estimate of drug-likeness (QED) is 0.875. The van der Waals surface area contributed by atoms with Crippen LogP contribution in [0.2, 0.25) is 0 Å². The lowest BCUT2D eigenvalue weighted by Gasteiger charge is -2.24. The third-order valence-electron chi connectivity index (χ3n) is 4.09. The molecule has 0 radical (unpaired) electrons. The molecule has 0 spiro atoms. The first-order valence-corrected chi connectivity index (χ1v) is 7.72. The van der Waals surface area contributed by atoms with Crippen molar-refractivity contribution < 1.29 is 19.5 Å². The van der Waals surface area contributed by atoms with E-state index in [1.54, 1.807) is 61.6 Å². The SMILES string of the molecule is CN1C(=O)C(NC(=O)O)CN(C(=O)c2ccccc2)c2ccccc21. The van der Waals surface area contributed by atoms with Crippen LogP contribution in [0.15, 0.2) is 54.6 Å². The predicted molar refractivity (Wildman–Crippen MR) is 92.9 cm³/mol. The highest BCUT2D eigenvalue weighted by molar-refractivity contribution is 6.12. The van der Waals surface area contributed by atoms with Crippen LogP contribution in [0.5, 0.6) is 0 Å². The Morgan fingerprint density at radius 3 is 2.28 bits per heavy atom. The number of amides is 3. The summed E-state index contributed by atoms with van der Waals surface area (Å²) >= 11 is 0. The van der Waals surface area contributed by atoms with E-state index in [-0.39, 0.29) is 12.5 Å². The van der Waals surface area contributed by atoms with Gasteiger partial charge in [0.15, 0.2) is 0 Å². The number of nitrogens with one attached hydrogen (secondary N) is 1. The summed E-state index contributed by atoms with van der Waals surface area (Å²) in [6.07, 6.45) is -1.31. The zero-order chi connectivity index (χ0) is 18.0. The Bertz CT molecular complexity index is 822. The van der Waals surface area contributed by atoms with Gasteiger partial charge < -0.3 is 20.2 Å². The van der Waals surface area contributed by atoms with Gasteiger partial charge in [-0.15, -0.1) is 0 Å². The van der Waals surface area contributed by atoms with Gasteiger partial charge in [0.2, 0.25) is 0 Å². The Morgan fingerprint density at radius 2 is 1.64 bits per heavy atom. The van der Waals surface area contributed by atoms with Crippen molar-refractivity contribution in [2.45, 2.75) is 6.04 Å². The average molecular weight is 339 g/mol. The van der Waals surface area contributed by atoms with Gasteiger partial charge >= 0.3 is 6.09 Å². The highest BCUT2D eigenvalue weighted by atomic mass is 16.4. The van der Waals surface area contributed by atoms with Crippen molar-refractivity contribution in [2.75, 3.05) is 23.4 Å². The largest absolute Gasteiger partial charge is 0.465 e. The van der Waals surface area contributed by atoms with Crippen LogP contribution < -0.4 is 15.1 Å². The molecule has 7 heteroatoms. The molecule has 1 aliphatic rings. The molecule has 2 aromatic carbocycles. The molecule has 1 aliphatic heterocycles. The molecule has 1 heterocycles. The number of nitrogens with zero attached hydrogens (tertiary/aromatic N) is 2. The maximum Gasteiger partial charge on any atom is 0.405 e. The van der Waals surface area contributed by atoms with Crippen molar-refractivity contribution in [3.63, 3.8) is 0 Å². The van der Waals surface area contributed by atoms with Gasteiger partial charge in [0.1, 0.15) is 6.04 Å². The molecule has 3 amide bonds. The fraction of sp³-hybridized carbons (Fsp3) is 0.167. The summed E-state index contributed by atoms with van der Waals surface area (Å²) in [6.45, 7) is -0.0831. The Balaban J connectivity index is 2.07. The molecule has 3 rings (SSSR count). The molecule has 2 aromatic rings. The van der Waals surface area contributed by atoms with Crippen molar-refractivity contribution in [1.29, 1.82) is 0 Å². The minimum absolute atomic E-state index is 0.0831. The van der Waals surface area contributed by atoms with Crippen LogP contribution in [0.25, 0.3) is 0 Å². The molecule has 128 valence electrons. The predicted octanol–water partition coefficient (Wildman–Crippen LogP) is 1.95. The molecule has 0 aromatic heterocycles. The minimum Gasteiger partial charge on any atom is -0.465 e. The van der Waals surface area contributed by atoms with E-state index in [1.807, 2.05) is 0 Å². The molecule has 1 unspecified atom stereocenters. The van der Waals surface area contributed by atoms with E-state index in [2.05, 4.69) is 5.32 Å². The van der Waals surface area contributed by atoms with Gasteiger partial charge in [-0.1, -0.05) is 30.3 Å². The minimum atomic E-state index is -1.31. The normalized spacial score (nSPS) is 16.8. The molecule has 0 aliphatic carbocycles. The summed E-state index contributed by atoms with van der Waals surface area (Å²) in [5, 5.41) is 11.2. The maximum absolute atomic E-state index is 13.0. The summed E-state index contributed by atoms with van der Waals surface area (Å²) in [5.41, 5.74) is 1.57. The number of carboxylic acid groups (broad SMARTS) is 1. The number of fused-ring (bicyclic) bond motifs is 1. The topological polar surface area (TPSA) is 89.9 Å². The summed E-state index contributed by atoms with van der Waals surface area (Å²) in [4.78, 5) is 39.5. The van der Waals surface area contributed by atoms with Crippen LogP contribution in [-0.2, 0) is 4.79 Å². The summed E-state index contributed by atoms with van der Waals surface area (Å²) in [5.74, 6) is -0.716. The lowest BCUT2D eigenvalue weighted by atomic mass is 10.1. The monoisotopic (exact) mass is 339 g/mol. The lowest BCUT2D eigenvalue weighted by Crippen LogP contribution is -2.51. The molecule has 0 bridgehead atoms. The third kappa shape index (κ3) is 3.16. The van der Waals surface area contributed by atoms with Crippen molar-refractivity contribution in [3.8, 4) is 0 Å². The van der Waals surface area contributed by atoms with Gasteiger partial charge in [0, 0.05) is 12.6 Å². The first-order chi connectivity index (χ1) is 12.0. The fourth-order valence-corrected chi connectivity index (χ4v) is 2.87.